The maximum atomic E-state index is 11.8. The topological polar surface area (TPSA) is 71.1 Å². The summed E-state index contributed by atoms with van der Waals surface area (Å²) >= 11 is 0. The van der Waals surface area contributed by atoms with E-state index in [1.165, 1.54) is 0 Å². The Morgan fingerprint density at radius 2 is 2.11 bits per heavy atom. The molecule has 1 heterocycles. The summed E-state index contributed by atoms with van der Waals surface area (Å²) in [5.74, 6) is -0.166. The number of carbonyl (C=O) groups excluding carboxylic acids is 2. The van der Waals surface area contributed by atoms with Crippen LogP contribution in [-0.4, -0.2) is 35.8 Å². The maximum absolute atomic E-state index is 11.8. The first kappa shape index (κ1) is 14.3. The predicted octanol–water partition coefficient (Wildman–Crippen LogP) is 0.769. The molecule has 98 valence electrons. The van der Waals surface area contributed by atoms with Gasteiger partial charge < -0.3 is 10.6 Å². The first-order chi connectivity index (χ1) is 8.69. The van der Waals surface area contributed by atoms with Gasteiger partial charge in [0, 0.05) is 19.2 Å². The first-order valence-electron chi connectivity index (χ1n) is 6.14. The molecule has 0 saturated heterocycles. The van der Waals surface area contributed by atoms with E-state index in [0.717, 1.165) is 0 Å². The standard InChI is InChI=1S/C13H19N3O2/c1-3-12(17)11(14-4-2)9-16-13(18)10-7-5-6-8-15-10/h5-8,11,14H,3-4,9H2,1-2H3,(H,16,18)/t11-/m0/s1. The number of nitrogens with one attached hydrogen (secondary N) is 2. The number of likely N-dealkylation sites (N-methyl/N-ethyl adjacent to an activating group) is 1. The second-order valence-electron chi connectivity index (χ2n) is 3.86. The lowest BCUT2D eigenvalue weighted by molar-refractivity contribution is -0.120. The van der Waals surface area contributed by atoms with Crippen LogP contribution in [-0.2, 0) is 4.79 Å². The third-order valence-electron chi connectivity index (χ3n) is 2.55. The Balaban J connectivity index is 2.52. The fourth-order valence-electron chi connectivity index (χ4n) is 1.58. The summed E-state index contributed by atoms with van der Waals surface area (Å²) in [6.07, 6.45) is 2.02. The number of aromatic nitrogens is 1. The van der Waals surface area contributed by atoms with Crippen molar-refractivity contribution in [3.63, 3.8) is 0 Å². The van der Waals surface area contributed by atoms with Gasteiger partial charge in [-0.1, -0.05) is 19.9 Å². The molecule has 0 radical (unpaired) electrons. The molecule has 0 aromatic carbocycles. The minimum absolute atomic E-state index is 0.0955. The van der Waals surface area contributed by atoms with Crippen LogP contribution >= 0.6 is 0 Å². The molecular weight excluding hydrogens is 230 g/mol. The second-order valence-corrected chi connectivity index (χ2v) is 3.86. The monoisotopic (exact) mass is 249 g/mol. The highest BCUT2D eigenvalue weighted by Crippen LogP contribution is 1.95. The van der Waals surface area contributed by atoms with E-state index in [0.29, 0.717) is 18.7 Å². The quantitative estimate of drug-likeness (QED) is 0.748. The van der Waals surface area contributed by atoms with Crippen molar-refractivity contribution in [1.29, 1.82) is 0 Å². The SMILES string of the molecule is CCN[C@@H](CNC(=O)c1ccccn1)C(=O)CC. The largest absolute Gasteiger partial charge is 0.349 e. The summed E-state index contributed by atoms with van der Waals surface area (Å²) < 4.78 is 0. The zero-order valence-corrected chi connectivity index (χ0v) is 10.8. The summed E-state index contributed by atoms with van der Waals surface area (Å²) in [7, 11) is 0. The highest BCUT2D eigenvalue weighted by Gasteiger charge is 2.16. The molecule has 1 amide bonds. The molecule has 0 aliphatic rings. The van der Waals surface area contributed by atoms with Crippen molar-refractivity contribution < 1.29 is 9.59 Å². The van der Waals surface area contributed by atoms with Crippen LogP contribution in [0.4, 0.5) is 0 Å². The van der Waals surface area contributed by atoms with E-state index in [9.17, 15) is 9.59 Å². The summed E-state index contributed by atoms with van der Waals surface area (Å²) in [6, 6.07) is 4.81. The molecule has 5 heteroatoms. The van der Waals surface area contributed by atoms with Gasteiger partial charge in [0.1, 0.15) is 5.69 Å². The fraction of sp³-hybridized carbons (Fsp3) is 0.462. The van der Waals surface area contributed by atoms with Gasteiger partial charge in [0.15, 0.2) is 5.78 Å². The molecule has 5 nitrogen and oxygen atoms in total. The van der Waals surface area contributed by atoms with E-state index in [-0.39, 0.29) is 24.3 Å². The van der Waals surface area contributed by atoms with E-state index in [4.69, 9.17) is 0 Å². The van der Waals surface area contributed by atoms with Crippen LogP contribution in [0, 0.1) is 0 Å². The van der Waals surface area contributed by atoms with Gasteiger partial charge in [-0.25, -0.2) is 0 Å². The zero-order valence-electron chi connectivity index (χ0n) is 10.8. The Kier molecular flexibility index (Phi) is 6.00. The smallest absolute Gasteiger partial charge is 0.269 e. The summed E-state index contributed by atoms with van der Waals surface area (Å²) in [6.45, 7) is 4.72. The minimum Gasteiger partial charge on any atom is -0.349 e. The second kappa shape index (κ2) is 7.55. The summed E-state index contributed by atoms with van der Waals surface area (Å²) in [5, 5.41) is 5.77. The number of pyridine rings is 1. The lowest BCUT2D eigenvalue weighted by Crippen LogP contribution is -2.45. The summed E-state index contributed by atoms with van der Waals surface area (Å²) in [4.78, 5) is 27.3. The van der Waals surface area contributed by atoms with E-state index >= 15 is 0 Å². The molecule has 1 aromatic heterocycles. The van der Waals surface area contributed by atoms with Crippen molar-refractivity contribution in [2.45, 2.75) is 26.3 Å². The molecule has 0 bridgehead atoms. The normalized spacial score (nSPS) is 11.9. The number of hydrogen-bond donors (Lipinski definition) is 2. The van der Waals surface area contributed by atoms with E-state index < -0.39 is 0 Å². The van der Waals surface area contributed by atoms with Crippen LogP contribution in [0.25, 0.3) is 0 Å². The van der Waals surface area contributed by atoms with E-state index in [1.807, 2.05) is 13.8 Å². The van der Waals surface area contributed by atoms with Crippen LogP contribution in [0.3, 0.4) is 0 Å². The minimum atomic E-state index is -0.326. The molecule has 18 heavy (non-hydrogen) atoms. The van der Waals surface area contributed by atoms with Crippen LogP contribution in [0.5, 0.6) is 0 Å². The van der Waals surface area contributed by atoms with Crippen LogP contribution in [0.2, 0.25) is 0 Å². The highest BCUT2D eigenvalue weighted by molar-refractivity contribution is 5.93. The number of nitrogens with zero attached hydrogens (tertiary/aromatic N) is 1. The molecule has 0 fully saturated rings. The zero-order chi connectivity index (χ0) is 13.4. The molecule has 1 rings (SSSR count). The van der Waals surface area contributed by atoms with Crippen molar-refractivity contribution in [3.05, 3.63) is 30.1 Å². The lowest BCUT2D eigenvalue weighted by atomic mass is 10.1. The molecule has 2 N–H and O–H groups in total. The molecule has 1 atom stereocenters. The Hall–Kier alpha value is -1.75. The van der Waals surface area contributed by atoms with Gasteiger partial charge in [-0.15, -0.1) is 0 Å². The van der Waals surface area contributed by atoms with Crippen LogP contribution < -0.4 is 10.6 Å². The molecule has 0 saturated carbocycles. The van der Waals surface area contributed by atoms with E-state index in [1.54, 1.807) is 24.4 Å². The van der Waals surface area contributed by atoms with Crippen molar-refractivity contribution in [2.75, 3.05) is 13.1 Å². The molecule has 0 aliphatic carbocycles. The van der Waals surface area contributed by atoms with Crippen molar-refractivity contribution in [3.8, 4) is 0 Å². The maximum Gasteiger partial charge on any atom is 0.269 e. The molecular formula is C13H19N3O2. The molecule has 0 spiro atoms. The van der Waals surface area contributed by atoms with Crippen molar-refractivity contribution in [1.82, 2.24) is 15.6 Å². The number of rotatable bonds is 7. The average Bonchev–Trinajstić information content (AvgIpc) is 2.43. The van der Waals surface area contributed by atoms with Gasteiger partial charge in [-0.3, -0.25) is 14.6 Å². The number of Topliss-reactive ketones (excluding diaryl/α,β-unsaturated/α-hetero) is 1. The van der Waals surface area contributed by atoms with Gasteiger partial charge in [-0.05, 0) is 18.7 Å². The van der Waals surface area contributed by atoms with Crippen molar-refractivity contribution >= 4 is 11.7 Å². The molecule has 1 aromatic rings. The average molecular weight is 249 g/mol. The summed E-state index contributed by atoms with van der Waals surface area (Å²) in [5.41, 5.74) is 0.358. The fourth-order valence-corrected chi connectivity index (χ4v) is 1.58. The lowest BCUT2D eigenvalue weighted by Gasteiger charge is -2.16. The third-order valence-corrected chi connectivity index (χ3v) is 2.55. The van der Waals surface area contributed by atoms with Gasteiger partial charge in [0.05, 0.1) is 6.04 Å². The molecule has 0 aliphatic heterocycles. The van der Waals surface area contributed by atoms with Crippen molar-refractivity contribution in [2.24, 2.45) is 0 Å². The van der Waals surface area contributed by atoms with E-state index in [2.05, 4.69) is 15.6 Å². The van der Waals surface area contributed by atoms with Gasteiger partial charge in [-0.2, -0.15) is 0 Å². The van der Waals surface area contributed by atoms with Gasteiger partial charge in [0.2, 0.25) is 0 Å². The van der Waals surface area contributed by atoms with Crippen LogP contribution in [0.15, 0.2) is 24.4 Å². The number of carbonyl (C=O) groups is 2. The number of hydrogen-bond acceptors (Lipinski definition) is 4. The highest BCUT2D eigenvalue weighted by atomic mass is 16.2. The number of amides is 1. The Labute approximate surface area is 107 Å². The Morgan fingerprint density at radius 1 is 1.33 bits per heavy atom. The molecule has 0 unspecified atom stereocenters. The number of ketones is 1. The first-order valence-corrected chi connectivity index (χ1v) is 6.14. The Morgan fingerprint density at radius 3 is 2.67 bits per heavy atom. The van der Waals surface area contributed by atoms with Crippen LogP contribution in [0.1, 0.15) is 30.8 Å². The van der Waals surface area contributed by atoms with Gasteiger partial charge in [0.25, 0.3) is 5.91 Å². The predicted molar refractivity (Wildman–Crippen MR) is 69.3 cm³/mol. The third kappa shape index (κ3) is 4.25. The Bertz CT molecular complexity index is 392. The van der Waals surface area contributed by atoms with Gasteiger partial charge >= 0.3 is 0 Å².